The quantitative estimate of drug-likeness (QED) is 0.857. The lowest BCUT2D eigenvalue weighted by Gasteiger charge is -2.11. The largest absolute Gasteiger partial charge is 0.294 e. The first-order valence-corrected chi connectivity index (χ1v) is 7.85. The molecule has 0 aliphatic heterocycles. The van der Waals surface area contributed by atoms with E-state index in [2.05, 4.69) is 19.1 Å². The second-order valence-corrected chi connectivity index (χ2v) is 6.19. The van der Waals surface area contributed by atoms with Gasteiger partial charge in [0, 0.05) is 0 Å². The Labute approximate surface area is 120 Å². The molecule has 2 aromatic rings. The van der Waals surface area contributed by atoms with Crippen LogP contribution in [0.4, 0.5) is 0 Å². The van der Waals surface area contributed by atoms with E-state index in [1.807, 2.05) is 18.2 Å². The van der Waals surface area contributed by atoms with Gasteiger partial charge in [0.2, 0.25) is 0 Å². The zero-order chi connectivity index (χ0) is 14.6. The van der Waals surface area contributed by atoms with E-state index in [1.54, 1.807) is 12.1 Å². The second-order valence-electron chi connectivity index (χ2n) is 4.77. The monoisotopic (exact) mass is 289 g/mol. The fraction of sp³-hybridized carbons (Fsp3) is 0.188. The lowest BCUT2D eigenvalue weighted by atomic mass is 9.94. The van der Waals surface area contributed by atoms with Gasteiger partial charge >= 0.3 is 0 Å². The van der Waals surface area contributed by atoms with Crippen molar-refractivity contribution in [1.29, 1.82) is 0 Å². The predicted octanol–water partition coefficient (Wildman–Crippen LogP) is 3.48. The summed E-state index contributed by atoms with van der Waals surface area (Å²) in [5, 5.41) is 0. The van der Waals surface area contributed by atoms with Crippen LogP contribution >= 0.6 is 0 Å². The van der Waals surface area contributed by atoms with Crippen LogP contribution in [0.25, 0.3) is 0 Å². The Morgan fingerprint density at radius 3 is 2.15 bits per heavy atom. The van der Waals surface area contributed by atoms with Crippen LogP contribution in [0.2, 0.25) is 0 Å². The predicted molar refractivity (Wildman–Crippen MR) is 79.1 cm³/mol. The van der Waals surface area contributed by atoms with E-state index in [4.69, 9.17) is 4.55 Å². The highest BCUT2D eigenvalue weighted by molar-refractivity contribution is 7.85. The molecule has 3 nitrogen and oxygen atoms in total. The molecular weight excluding hydrogens is 272 g/mol. The maximum absolute atomic E-state index is 10.9. The van der Waals surface area contributed by atoms with Gasteiger partial charge in [0.25, 0.3) is 10.1 Å². The maximum Gasteiger partial charge on any atom is 0.294 e. The Balaban J connectivity index is 1.98. The van der Waals surface area contributed by atoms with Crippen molar-refractivity contribution >= 4 is 10.1 Å². The molecule has 2 rings (SSSR count). The fourth-order valence-electron chi connectivity index (χ4n) is 2.06. The Hall–Kier alpha value is -1.65. The molecule has 1 radical (unpaired) electrons. The van der Waals surface area contributed by atoms with Gasteiger partial charge in [-0.15, -0.1) is 0 Å². The summed E-state index contributed by atoms with van der Waals surface area (Å²) in [6, 6.07) is 16.4. The van der Waals surface area contributed by atoms with E-state index in [1.165, 1.54) is 17.7 Å². The third-order valence-electron chi connectivity index (χ3n) is 3.27. The lowest BCUT2D eigenvalue weighted by Crippen LogP contribution is -1.99. The minimum atomic E-state index is -4.11. The van der Waals surface area contributed by atoms with Crippen LogP contribution in [0, 0.1) is 6.92 Å². The van der Waals surface area contributed by atoms with Gasteiger partial charge in [0.05, 0.1) is 4.90 Å². The van der Waals surface area contributed by atoms with Crippen molar-refractivity contribution in [1.82, 2.24) is 0 Å². The van der Waals surface area contributed by atoms with Crippen LogP contribution in [-0.4, -0.2) is 13.0 Å². The number of aryl methyl sites for hydroxylation is 1. The molecule has 4 heteroatoms. The first-order valence-electron chi connectivity index (χ1n) is 6.41. The lowest BCUT2D eigenvalue weighted by molar-refractivity contribution is 0.483. The van der Waals surface area contributed by atoms with E-state index in [0.717, 1.165) is 18.4 Å². The molecule has 0 fully saturated rings. The van der Waals surface area contributed by atoms with E-state index in [-0.39, 0.29) is 10.8 Å². The molecule has 1 unspecified atom stereocenters. The summed E-state index contributed by atoms with van der Waals surface area (Å²) in [6.07, 6.45) is 1.70. The third-order valence-corrected chi connectivity index (χ3v) is 4.14. The highest BCUT2D eigenvalue weighted by atomic mass is 32.2. The molecule has 0 aliphatic carbocycles. The summed E-state index contributed by atoms with van der Waals surface area (Å²) in [5.41, 5.74) is 2.23. The maximum atomic E-state index is 10.9. The average Bonchev–Trinajstić information content (AvgIpc) is 2.45. The fourth-order valence-corrected chi connectivity index (χ4v) is 2.54. The van der Waals surface area contributed by atoms with Gasteiger partial charge in [-0.05, 0) is 48.9 Å². The van der Waals surface area contributed by atoms with Crippen LogP contribution in [-0.2, 0) is 16.5 Å². The summed E-state index contributed by atoms with van der Waals surface area (Å²) < 4.78 is 30.8. The van der Waals surface area contributed by atoms with Gasteiger partial charge in [0.1, 0.15) is 0 Å². The number of hydrogen-bond acceptors (Lipinski definition) is 2. The van der Waals surface area contributed by atoms with Gasteiger partial charge < -0.3 is 0 Å². The van der Waals surface area contributed by atoms with Crippen LogP contribution in [0.3, 0.4) is 0 Å². The molecule has 0 spiro atoms. The van der Waals surface area contributed by atoms with Crippen LogP contribution in [0.1, 0.15) is 23.5 Å². The molecule has 0 amide bonds. The summed E-state index contributed by atoms with van der Waals surface area (Å²) in [5.74, 6) is 0.206. The number of rotatable bonds is 5. The van der Waals surface area contributed by atoms with Crippen molar-refractivity contribution in [3.63, 3.8) is 0 Å². The summed E-state index contributed by atoms with van der Waals surface area (Å²) in [6.45, 7) is 4.14. The van der Waals surface area contributed by atoms with Crippen molar-refractivity contribution in [3.8, 4) is 0 Å². The van der Waals surface area contributed by atoms with Crippen LogP contribution < -0.4 is 0 Å². The molecule has 105 valence electrons. The summed E-state index contributed by atoms with van der Waals surface area (Å²) >= 11 is 0. The van der Waals surface area contributed by atoms with E-state index >= 15 is 0 Å². The Kier molecular flexibility index (Phi) is 4.57. The van der Waals surface area contributed by atoms with Crippen molar-refractivity contribution in [3.05, 3.63) is 72.6 Å². The third kappa shape index (κ3) is 3.92. The van der Waals surface area contributed by atoms with Crippen molar-refractivity contribution in [2.24, 2.45) is 0 Å². The standard InChI is InChI=1S/C16H17O3S/c1-13(15-5-3-2-4-6-15)7-8-14-9-11-16(12-10-14)20(17,18)19/h2-6,9-13H,1,7-8H2,(H,17,18,19). The van der Waals surface area contributed by atoms with Crippen LogP contribution in [0.5, 0.6) is 0 Å². The zero-order valence-electron chi connectivity index (χ0n) is 11.1. The van der Waals surface area contributed by atoms with E-state index in [0.29, 0.717) is 0 Å². The molecule has 1 N–H and O–H groups in total. The SMILES string of the molecule is [CH2]C(CCc1ccc(S(=O)(=O)O)cc1)c1ccccc1. The van der Waals surface area contributed by atoms with Crippen molar-refractivity contribution < 1.29 is 13.0 Å². The molecule has 2 aromatic carbocycles. The number of hydrogen-bond donors (Lipinski definition) is 1. The first-order chi connectivity index (χ1) is 9.47. The van der Waals surface area contributed by atoms with Crippen molar-refractivity contribution in [2.45, 2.75) is 23.7 Å². The van der Waals surface area contributed by atoms with E-state index < -0.39 is 10.1 Å². The molecule has 0 saturated heterocycles. The zero-order valence-corrected chi connectivity index (χ0v) is 11.9. The molecule has 1 atom stereocenters. The molecule has 0 saturated carbocycles. The molecule has 20 heavy (non-hydrogen) atoms. The van der Waals surface area contributed by atoms with Gasteiger partial charge in [-0.1, -0.05) is 42.5 Å². The summed E-state index contributed by atoms with van der Waals surface area (Å²) in [4.78, 5) is -0.0736. The molecule has 0 aromatic heterocycles. The second kappa shape index (κ2) is 6.20. The normalized spacial score (nSPS) is 13.1. The Bertz CT molecular complexity index is 646. The average molecular weight is 289 g/mol. The Morgan fingerprint density at radius 2 is 1.60 bits per heavy atom. The topological polar surface area (TPSA) is 54.4 Å². The van der Waals surface area contributed by atoms with Gasteiger partial charge in [-0.3, -0.25) is 4.55 Å². The summed E-state index contributed by atoms with van der Waals surface area (Å²) in [7, 11) is -4.11. The highest BCUT2D eigenvalue weighted by Gasteiger charge is 2.09. The molecular formula is C16H17O3S. The number of benzene rings is 2. The van der Waals surface area contributed by atoms with Gasteiger partial charge in [-0.2, -0.15) is 8.42 Å². The Morgan fingerprint density at radius 1 is 1.00 bits per heavy atom. The van der Waals surface area contributed by atoms with Gasteiger partial charge in [-0.25, -0.2) is 0 Å². The smallest absolute Gasteiger partial charge is 0.282 e. The van der Waals surface area contributed by atoms with Crippen molar-refractivity contribution in [2.75, 3.05) is 0 Å². The van der Waals surface area contributed by atoms with E-state index in [9.17, 15) is 8.42 Å². The highest BCUT2D eigenvalue weighted by Crippen LogP contribution is 2.21. The minimum Gasteiger partial charge on any atom is -0.282 e. The molecule has 0 bridgehead atoms. The first kappa shape index (κ1) is 14.8. The van der Waals surface area contributed by atoms with Gasteiger partial charge in [0.15, 0.2) is 0 Å². The molecule has 0 heterocycles. The van der Waals surface area contributed by atoms with Crippen LogP contribution in [0.15, 0.2) is 59.5 Å². The minimum absolute atomic E-state index is 0.0736. The molecule has 0 aliphatic rings.